The summed E-state index contributed by atoms with van der Waals surface area (Å²) in [5.74, 6) is -0.314. The molecule has 0 aliphatic carbocycles. The third kappa shape index (κ3) is 2.71. The van der Waals surface area contributed by atoms with Crippen molar-refractivity contribution in [1.82, 2.24) is 14.8 Å². The van der Waals surface area contributed by atoms with Gasteiger partial charge in [-0.25, -0.2) is 4.79 Å². The molecule has 0 spiro atoms. The van der Waals surface area contributed by atoms with Crippen LogP contribution < -0.4 is 0 Å². The monoisotopic (exact) mass is 273 g/mol. The number of pyridine rings is 1. The third-order valence-corrected chi connectivity index (χ3v) is 3.09. The number of esters is 1. The maximum absolute atomic E-state index is 11.9. The van der Waals surface area contributed by atoms with Crippen molar-refractivity contribution in [2.24, 2.45) is 7.05 Å². The van der Waals surface area contributed by atoms with Crippen molar-refractivity contribution in [2.45, 2.75) is 27.2 Å². The first-order chi connectivity index (χ1) is 9.56. The van der Waals surface area contributed by atoms with E-state index in [1.807, 2.05) is 33.2 Å². The van der Waals surface area contributed by atoms with Crippen LogP contribution >= 0.6 is 0 Å². The van der Waals surface area contributed by atoms with E-state index >= 15 is 0 Å². The van der Waals surface area contributed by atoms with Gasteiger partial charge in [-0.3, -0.25) is 9.67 Å². The van der Waals surface area contributed by atoms with Crippen molar-refractivity contribution in [3.05, 3.63) is 35.3 Å². The predicted molar refractivity (Wildman–Crippen MR) is 76.5 cm³/mol. The lowest BCUT2D eigenvalue weighted by Gasteiger charge is -2.08. The first-order valence-electron chi connectivity index (χ1n) is 6.74. The van der Waals surface area contributed by atoms with Gasteiger partial charge in [-0.05, 0) is 32.4 Å². The molecule has 2 heterocycles. The van der Waals surface area contributed by atoms with Gasteiger partial charge in [0.25, 0.3) is 0 Å². The van der Waals surface area contributed by atoms with E-state index in [0.717, 1.165) is 22.6 Å². The summed E-state index contributed by atoms with van der Waals surface area (Å²) < 4.78 is 6.81. The van der Waals surface area contributed by atoms with Gasteiger partial charge in [0.15, 0.2) is 0 Å². The molecule has 20 heavy (non-hydrogen) atoms. The van der Waals surface area contributed by atoms with Crippen LogP contribution in [-0.2, 0) is 18.2 Å². The highest BCUT2D eigenvalue weighted by molar-refractivity contribution is 5.91. The number of nitrogens with zero attached hydrogens (tertiary/aromatic N) is 3. The van der Waals surface area contributed by atoms with Crippen LogP contribution in [0.15, 0.2) is 18.3 Å². The van der Waals surface area contributed by atoms with Crippen LogP contribution in [0.1, 0.15) is 35.6 Å². The minimum atomic E-state index is -0.314. The molecular weight excluding hydrogens is 254 g/mol. The molecule has 2 aromatic heterocycles. The number of carbonyl (C=O) groups excluding carboxylic acids is 1. The average molecular weight is 273 g/mol. The number of aryl methyl sites for hydroxylation is 3. The Balaban J connectivity index is 2.44. The van der Waals surface area contributed by atoms with Crippen LogP contribution in [0.3, 0.4) is 0 Å². The zero-order chi connectivity index (χ0) is 14.7. The fourth-order valence-corrected chi connectivity index (χ4v) is 2.17. The van der Waals surface area contributed by atoms with Gasteiger partial charge >= 0.3 is 5.97 Å². The topological polar surface area (TPSA) is 57.0 Å². The molecule has 5 heteroatoms. The largest absolute Gasteiger partial charge is 0.462 e. The Morgan fingerprint density at radius 3 is 2.65 bits per heavy atom. The van der Waals surface area contributed by atoms with Crippen LogP contribution in [-0.4, -0.2) is 27.3 Å². The molecule has 0 aliphatic rings. The summed E-state index contributed by atoms with van der Waals surface area (Å²) in [6.45, 7) is 6.09. The summed E-state index contributed by atoms with van der Waals surface area (Å²) in [7, 11) is 1.88. The molecule has 0 amide bonds. The van der Waals surface area contributed by atoms with Gasteiger partial charge in [-0.2, -0.15) is 5.10 Å². The highest BCUT2D eigenvalue weighted by atomic mass is 16.5. The molecule has 2 rings (SSSR count). The Labute approximate surface area is 118 Å². The normalized spacial score (nSPS) is 10.6. The minimum absolute atomic E-state index is 0.314. The van der Waals surface area contributed by atoms with Crippen molar-refractivity contribution < 1.29 is 9.53 Å². The maximum atomic E-state index is 11.9. The van der Waals surface area contributed by atoms with E-state index in [1.165, 1.54) is 0 Å². The standard InChI is InChI=1S/C15H19N3O2/c1-5-13-11(15(19)20-6-2)7-8-14(16-13)12-9-18(4)17-10(12)3/h7-9H,5-6H2,1-4H3. The molecule has 5 nitrogen and oxygen atoms in total. The highest BCUT2D eigenvalue weighted by Crippen LogP contribution is 2.22. The zero-order valence-corrected chi connectivity index (χ0v) is 12.3. The van der Waals surface area contributed by atoms with Crippen LogP contribution in [0, 0.1) is 6.92 Å². The van der Waals surface area contributed by atoms with E-state index in [-0.39, 0.29) is 5.97 Å². The fraction of sp³-hybridized carbons (Fsp3) is 0.400. The molecule has 0 aromatic carbocycles. The molecule has 0 fully saturated rings. The zero-order valence-electron chi connectivity index (χ0n) is 12.3. The molecule has 106 valence electrons. The van der Waals surface area contributed by atoms with Gasteiger partial charge in [-0.1, -0.05) is 6.92 Å². The highest BCUT2D eigenvalue weighted by Gasteiger charge is 2.15. The van der Waals surface area contributed by atoms with Gasteiger partial charge in [0.2, 0.25) is 0 Å². The van der Waals surface area contributed by atoms with Crippen molar-refractivity contribution in [1.29, 1.82) is 0 Å². The summed E-state index contributed by atoms with van der Waals surface area (Å²) in [5, 5.41) is 4.31. The van der Waals surface area contributed by atoms with E-state index in [2.05, 4.69) is 10.1 Å². The van der Waals surface area contributed by atoms with Gasteiger partial charge in [0, 0.05) is 18.8 Å². The number of aromatic nitrogens is 3. The first-order valence-corrected chi connectivity index (χ1v) is 6.74. The Hall–Kier alpha value is -2.17. The smallest absolute Gasteiger partial charge is 0.339 e. The van der Waals surface area contributed by atoms with E-state index in [4.69, 9.17) is 4.74 Å². The van der Waals surface area contributed by atoms with Crippen molar-refractivity contribution in [3.63, 3.8) is 0 Å². The lowest BCUT2D eigenvalue weighted by Crippen LogP contribution is -2.09. The Morgan fingerprint density at radius 1 is 1.35 bits per heavy atom. The summed E-state index contributed by atoms with van der Waals surface area (Å²) in [6, 6.07) is 3.63. The predicted octanol–water partition coefficient (Wildman–Crippen LogP) is 2.53. The van der Waals surface area contributed by atoms with Gasteiger partial charge in [0.05, 0.1) is 29.3 Å². The number of carbonyl (C=O) groups is 1. The third-order valence-electron chi connectivity index (χ3n) is 3.09. The summed E-state index contributed by atoms with van der Waals surface area (Å²) in [6.07, 6.45) is 2.61. The summed E-state index contributed by atoms with van der Waals surface area (Å²) >= 11 is 0. The number of hydrogen-bond donors (Lipinski definition) is 0. The molecule has 2 aromatic rings. The van der Waals surface area contributed by atoms with E-state index in [9.17, 15) is 4.79 Å². The van der Waals surface area contributed by atoms with E-state index in [0.29, 0.717) is 18.6 Å². The molecule has 0 bridgehead atoms. The lowest BCUT2D eigenvalue weighted by atomic mass is 10.1. The molecule has 0 aliphatic heterocycles. The van der Waals surface area contributed by atoms with Crippen molar-refractivity contribution in [2.75, 3.05) is 6.61 Å². The second-order valence-electron chi connectivity index (χ2n) is 4.57. The Kier molecular flexibility index (Phi) is 4.17. The molecular formula is C15H19N3O2. The SMILES string of the molecule is CCOC(=O)c1ccc(-c2cn(C)nc2C)nc1CC. The fourth-order valence-electron chi connectivity index (χ4n) is 2.17. The van der Waals surface area contributed by atoms with Gasteiger partial charge < -0.3 is 4.74 Å². The maximum Gasteiger partial charge on any atom is 0.339 e. The Morgan fingerprint density at radius 2 is 2.10 bits per heavy atom. The molecule has 0 radical (unpaired) electrons. The number of rotatable bonds is 4. The van der Waals surface area contributed by atoms with Gasteiger partial charge in [-0.15, -0.1) is 0 Å². The van der Waals surface area contributed by atoms with Crippen LogP contribution in [0.4, 0.5) is 0 Å². The average Bonchev–Trinajstić information content (AvgIpc) is 2.77. The molecule has 0 saturated heterocycles. The van der Waals surface area contributed by atoms with Crippen LogP contribution in [0.2, 0.25) is 0 Å². The van der Waals surface area contributed by atoms with Crippen molar-refractivity contribution in [3.8, 4) is 11.3 Å². The Bertz CT molecular complexity index is 632. The molecule has 0 saturated carbocycles. The van der Waals surface area contributed by atoms with E-state index < -0.39 is 0 Å². The molecule has 0 atom stereocenters. The summed E-state index contributed by atoms with van der Waals surface area (Å²) in [4.78, 5) is 16.4. The van der Waals surface area contributed by atoms with Crippen LogP contribution in [0.5, 0.6) is 0 Å². The summed E-state index contributed by atoms with van der Waals surface area (Å²) in [5.41, 5.74) is 4.04. The number of ether oxygens (including phenoxy) is 1. The van der Waals surface area contributed by atoms with Crippen LogP contribution in [0.25, 0.3) is 11.3 Å². The quantitative estimate of drug-likeness (QED) is 0.803. The minimum Gasteiger partial charge on any atom is -0.462 e. The van der Waals surface area contributed by atoms with Crippen molar-refractivity contribution >= 4 is 5.97 Å². The number of hydrogen-bond acceptors (Lipinski definition) is 4. The second-order valence-corrected chi connectivity index (χ2v) is 4.57. The van der Waals surface area contributed by atoms with Gasteiger partial charge in [0.1, 0.15) is 0 Å². The first kappa shape index (κ1) is 14.2. The van der Waals surface area contributed by atoms with E-state index in [1.54, 1.807) is 17.7 Å². The molecule has 0 unspecified atom stereocenters. The lowest BCUT2D eigenvalue weighted by molar-refractivity contribution is 0.0524. The second kappa shape index (κ2) is 5.86. The molecule has 0 N–H and O–H groups in total.